The summed E-state index contributed by atoms with van der Waals surface area (Å²) in [4.78, 5) is 13.4. The van der Waals surface area contributed by atoms with E-state index in [-0.39, 0.29) is 5.91 Å². The van der Waals surface area contributed by atoms with Gasteiger partial charge in [-0.25, -0.2) is 0 Å². The van der Waals surface area contributed by atoms with Crippen molar-refractivity contribution in [3.05, 3.63) is 0 Å². The number of ether oxygens (including phenoxy) is 1. The summed E-state index contributed by atoms with van der Waals surface area (Å²) in [5.74, 6) is -0.0131. The third kappa shape index (κ3) is 7.62. The van der Waals surface area contributed by atoms with Crippen molar-refractivity contribution >= 4 is 5.91 Å². The molecular weight excluding hydrogens is 208 g/mol. The summed E-state index contributed by atoms with van der Waals surface area (Å²) in [6, 6.07) is 0.352. The van der Waals surface area contributed by atoms with Crippen molar-refractivity contribution in [2.45, 2.75) is 32.4 Å². The smallest absolute Gasteiger partial charge is 0.234 e. The molecule has 0 aliphatic heterocycles. The maximum Gasteiger partial charge on any atom is 0.234 e. The first kappa shape index (κ1) is 15.3. The standard InChI is InChI=1S/C11H24N2O3/c1-9(2)13(3)7-11(15)12-6-5-10(14)8-16-4/h9-10,14H,5-8H2,1-4H3,(H,12,15). The average Bonchev–Trinajstić information content (AvgIpc) is 2.17. The quantitative estimate of drug-likeness (QED) is 0.610. The Hall–Kier alpha value is -0.650. The van der Waals surface area contributed by atoms with Gasteiger partial charge in [0.15, 0.2) is 0 Å². The van der Waals surface area contributed by atoms with E-state index < -0.39 is 6.10 Å². The predicted molar refractivity (Wildman–Crippen MR) is 63.3 cm³/mol. The minimum absolute atomic E-state index is 0.0131. The number of nitrogens with one attached hydrogen (secondary N) is 1. The van der Waals surface area contributed by atoms with E-state index in [1.807, 2.05) is 25.8 Å². The maximum absolute atomic E-state index is 11.4. The van der Waals surface area contributed by atoms with Crippen molar-refractivity contribution in [1.82, 2.24) is 10.2 Å². The molecule has 0 aliphatic rings. The van der Waals surface area contributed by atoms with E-state index in [1.165, 1.54) is 0 Å². The van der Waals surface area contributed by atoms with E-state index in [0.717, 1.165) is 0 Å². The SMILES string of the molecule is COCC(O)CCNC(=O)CN(C)C(C)C. The van der Waals surface area contributed by atoms with Gasteiger partial charge in [0, 0.05) is 19.7 Å². The van der Waals surface area contributed by atoms with Crippen LogP contribution in [0.1, 0.15) is 20.3 Å². The second kappa shape index (κ2) is 8.50. The van der Waals surface area contributed by atoms with Gasteiger partial charge in [-0.05, 0) is 27.3 Å². The molecule has 0 spiro atoms. The molecule has 2 N–H and O–H groups in total. The van der Waals surface area contributed by atoms with Crippen LogP contribution in [0, 0.1) is 0 Å². The molecule has 0 fully saturated rings. The Bertz CT molecular complexity index is 198. The first-order valence-corrected chi connectivity index (χ1v) is 5.61. The van der Waals surface area contributed by atoms with Crippen LogP contribution in [0.4, 0.5) is 0 Å². The van der Waals surface area contributed by atoms with E-state index in [1.54, 1.807) is 7.11 Å². The fraction of sp³-hybridized carbons (Fsp3) is 0.909. The lowest BCUT2D eigenvalue weighted by molar-refractivity contribution is -0.122. The third-order valence-corrected chi connectivity index (χ3v) is 2.43. The molecule has 0 aliphatic carbocycles. The summed E-state index contributed by atoms with van der Waals surface area (Å²) in [6.07, 6.45) is 0.0125. The number of aliphatic hydroxyl groups excluding tert-OH is 1. The van der Waals surface area contributed by atoms with Crippen LogP contribution in [-0.2, 0) is 9.53 Å². The maximum atomic E-state index is 11.4. The Kier molecular flexibility index (Phi) is 8.15. The molecule has 1 unspecified atom stereocenters. The number of aliphatic hydroxyl groups is 1. The predicted octanol–water partition coefficient (Wildman–Crippen LogP) is -0.160. The van der Waals surface area contributed by atoms with Crippen LogP contribution in [0.3, 0.4) is 0 Å². The zero-order chi connectivity index (χ0) is 12.6. The van der Waals surface area contributed by atoms with Crippen molar-refractivity contribution < 1.29 is 14.6 Å². The Balaban J connectivity index is 3.58. The Morgan fingerprint density at radius 3 is 2.62 bits per heavy atom. The second-order valence-electron chi connectivity index (χ2n) is 4.26. The summed E-state index contributed by atoms with van der Waals surface area (Å²) in [5, 5.41) is 12.1. The molecule has 96 valence electrons. The Morgan fingerprint density at radius 1 is 1.50 bits per heavy atom. The van der Waals surface area contributed by atoms with Crippen LogP contribution >= 0.6 is 0 Å². The lowest BCUT2D eigenvalue weighted by atomic mass is 10.2. The monoisotopic (exact) mass is 232 g/mol. The molecule has 0 bridgehead atoms. The molecular formula is C11H24N2O3. The minimum atomic E-state index is -0.506. The third-order valence-electron chi connectivity index (χ3n) is 2.43. The van der Waals surface area contributed by atoms with Gasteiger partial charge >= 0.3 is 0 Å². The summed E-state index contributed by atoms with van der Waals surface area (Å²) in [7, 11) is 3.45. The summed E-state index contributed by atoms with van der Waals surface area (Å²) in [5.41, 5.74) is 0. The molecule has 0 saturated heterocycles. The first-order valence-electron chi connectivity index (χ1n) is 5.61. The van der Waals surface area contributed by atoms with Crippen molar-refractivity contribution in [3.63, 3.8) is 0 Å². The molecule has 5 nitrogen and oxygen atoms in total. The van der Waals surface area contributed by atoms with Crippen LogP contribution in [0.5, 0.6) is 0 Å². The number of hydrogen-bond acceptors (Lipinski definition) is 4. The first-order chi connectivity index (χ1) is 7.47. The zero-order valence-corrected chi connectivity index (χ0v) is 10.7. The van der Waals surface area contributed by atoms with Gasteiger partial charge in [-0.2, -0.15) is 0 Å². The van der Waals surface area contributed by atoms with Crippen LogP contribution in [0.15, 0.2) is 0 Å². The topological polar surface area (TPSA) is 61.8 Å². The summed E-state index contributed by atoms with van der Waals surface area (Å²) < 4.78 is 4.79. The highest BCUT2D eigenvalue weighted by Gasteiger charge is 2.09. The molecule has 5 heteroatoms. The van der Waals surface area contributed by atoms with E-state index in [0.29, 0.717) is 32.2 Å². The van der Waals surface area contributed by atoms with E-state index in [2.05, 4.69) is 5.32 Å². The van der Waals surface area contributed by atoms with Gasteiger partial charge in [-0.3, -0.25) is 9.69 Å². The highest BCUT2D eigenvalue weighted by atomic mass is 16.5. The van der Waals surface area contributed by atoms with Gasteiger partial charge in [-0.1, -0.05) is 0 Å². The molecule has 0 radical (unpaired) electrons. The van der Waals surface area contributed by atoms with Crippen molar-refractivity contribution in [2.75, 3.05) is 33.9 Å². The number of likely N-dealkylation sites (N-methyl/N-ethyl adjacent to an activating group) is 1. The summed E-state index contributed by atoms with van der Waals surface area (Å²) in [6.45, 7) is 5.25. The fourth-order valence-electron chi connectivity index (χ4n) is 1.12. The van der Waals surface area contributed by atoms with Crippen LogP contribution in [0.25, 0.3) is 0 Å². The van der Waals surface area contributed by atoms with Gasteiger partial charge in [0.2, 0.25) is 5.91 Å². The summed E-state index contributed by atoms with van der Waals surface area (Å²) >= 11 is 0. The molecule has 16 heavy (non-hydrogen) atoms. The number of methoxy groups -OCH3 is 1. The number of hydrogen-bond donors (Lipinski definition) is 2. The fourth-order valence-corrected chi connectivity index (χ4v) is 1.12. The van der Waals surface area contributed by atoms with Crippen LogP contribution < -0.4 is 5.32 Å². The molecule has 0 aromatic heterocycles. The van der Waals surface area contributed by atoms with Crippen LogP contribution in [0.2, 0.25) is 0 Å². The highest BCUT2D eigenvalue weighted by molar-refractivity contribution is 5.77. The second-order valence-corrected chi connectivity index (χ2v) is 4.26. The molecule has 0 aromatic carbocycles. The minimum Gasteiger partial charge on any atom is -0.391 e. The number of carbonyl (C=O) groups is 1. The molecule has 1 atom stereocenters. The molecule has 0 saturated carbocycles. The number of rotatable bonds is 8. The van der Waals surface area contributed by atoms with Crippen molar-refractivity contribution in [1.29, 1.82) is 0 Å². The number of amides is 1. The van der Waals surface area contributed by atoms with Crippen molar-refractivity contribution in [2.24, 2.45) is 0 Å². The van der Waals surface area contributed by atoms with Gasteiger partial charge < -0.3 is 15.2 Å². The Labute approximate surface area is 97.8 Å². The lowest BCUT2D eigenvalue weighted by Crippen LogP contribution is -2.39. The lowest BCUT2D eigenvalue weighted by Gasteiger charge is -2.20. The molecule has 0 heterocycles. The van der Waals surface area contributed by atoms with E-state index in [9.17, 15) is 9.90 Å². The van der Waals surface area contributed by atoms with Gasteiger partial charge in [0.05, 0.1) is 19.3 Å². The Morgan fingerprint density at radius 2 is 2.12 bits per heavy atom. The van der Waals surface area contributed by atoms with Crippen LogP contribution in [-0.4, -0.2) is 61.9 Å². The highest BCUT2D eigenvalue weighted by Crippen LogP contribution is 1.93. The molecule has 0 rings (SSSR count). The van der Waals surface area contributed by atoms with Gasteiger partial charge in [0.25, 0.3) is 0 Å². The van der Waals surface area contributed by atoms with E-state index >= 15 is 0 Å². The zero-order valence-electron chi connectivity index (χ0n) is 10.7. The average molecular weight is 232 g/mol. The van der Waals surface area contributed by atoms with Crippen molar-refractivity contribution in [3.8, 4) is 0 Å². The number of nitrogens with zero attached hydrogens (tertiary/aromatic N) is 1. The molecule has 1 amide bonds. The molecule has 0 aromatic rings. The van der Waals surface area contributed by atoms with Gasteiger partial charge in [0.1, 0.15) is 0 Å². The van der Waals surface area contributed by atoms with E-state index in [4.69, 9.17) is 4.74 Å². The normalized spacial score (nSPS) is 13.2. The largest absolute Gasteiger partial charge is 0.391 e. The number of carbonyl (C=O) groups excluding carboxylic acids is 1. The van der Waals surface area contributed by atoms with Gasteiger partial charge in [-0.15, -0.1) is 0 Å².